The molecule has 0 unspecified atom stereocenters. The Hall–Kier alpha value is -0.560. The molecule has 4 nitrogen and oxygen atoms in total. The summed E-state index contributed by atoms with van der Waals surface area (Å²) in [5.74, 6) is 0. The van der Waals surface area contributed by atoms with Crippen LogP contribution in [0.2, 0.25) is 0 Å². The van der Waals surface area contributed by atoms with Gasteiger partial charge in [-0.2, -0.15) is 8.42 Å². The monoisotopic (exact) mass is 248 g/mol. The van der Waals surface area contributed by atoms with Gasteiger partial charge >= 0.3 is 0 Å². The van der Waals surface area contributed by atoms with E-state index in [0.717, 1.165) is 5.56 Å². The number of thiol groups is 1. The summed E-state index contributed by atoms with van der Waals surface area (Å²) in [6.45, 7) is 0.0767. The van der Waals surface area contributed by atoms with Gasteiger partial charge in [-0.1, -0.05) is 6.07 Å². The van der Waals surface area contributed by atoms with Crippen LogP contribution in [0.3, 0.4) is 0 Å². The molecule has 0 fully saturated rings. The van der Waals surface area contributed by atoms with Crippen molar-refractivity contribution in [3.63, 3.8) is 0 Å². The van der Waals surface area contributed by atoms with Crippen LogP contribution in [0.4, 0.5) is 0 Å². The van der Waals surface area contributed by atoms with Gasteiger partial charge in [0.2, 0.25) is 0 Å². The van der Waals surface area contributed by atoms with Gasteiger partial charge in [0.1, 0.15) is 0 Å². The van der Waals surface area contributed by atoms with E-state index in [1.54, 1.807) is 6.07 Å². The summed E-state index contributed by atoms with van der Waals surface area (Å²) in [5, 5.41) is 8.64. The van der Waals surface area contributed by atoms with Crippen molar-refractivity contribution in [2.75, 3.05) is 6.61 Å². The normalized spacial score (nSPS) is 11.7. The van der Waals surface area contributed by atoms with Crippen molar-refractivity contribution in [1.82, 2.24) is 0 Å². The maximum atomic E-state index is 10.8. The molecule has 0 bridgehead atoms. The van der Waals surface area contributed by atoms with Crippen molar-refractivity contribution in [2.24, 2.45) is 0 Å². The average Bonchev–Trinajstić information content (AvgIpc) is 2.14. The standard InChI is InChI=1S/C9H12O4S2/c10-5-1-2-7-3-4-8(6-9(7)14)15(11,12)13/h3-4,6,10,14H,1-2,5H2,(H,11,12,13). The molecule has 0 aromatic heterocycles. The van der Waals surface area contributed by atoms with E-state index >= 15 is 0 Å². The number of aliphatic hydroxyl groups is 1. The van der Waals surface area contributed by atoms with Gasteiger partial charge in [-0.3, -0.25) is 4.55 Å². The Morgan fingerprint density at radius 2 is 2.00 bits per heavy atom. The van der Waals surface area contributed by atoms with Crippen LogP contribution in [-0.2, 0) is 16.5 Å². The third-order valence-corrected chi connectivity index (χ3v) is 3.22. The Balaban J connectivity index is 2.99. The third kappa shape index (κ3) is 3.49. The number of rotatable bonds is 4. The number of aliphatic hydroxyl groups excluding tert-OH is 1. The lowest BCUT2D eigenvalue weighted by atomic mass is 10.1. The molecule has 1 aromatic carbocycles. The Kier molecular flexibility index (Phi) is 4.15. The first-order chi connectivity index (χ1) is 6.95. The molecular formula is C9H12O4S2. The van der Waals surface area contributed by atoms with E-state index in [-0.39, 0.29) is 11.5 Å². The van der Waals surface area contributed by atoms with E-state index in [2.05, 4.69) is 12.6 Å². The minimum Gasteiger partial charge on any atom is -0.396 e. The zero-order chi connectivity index (χ0) is 11.5. The summed E-state index contributed by atoms with van der Waals surface area (Å²) in [6.07, 6.45) is 1.22. The van der Waals surface area contributed by atoms with E-state index in [4.69, 9.17) is 9.66 Å². The fourth-order valence-corrected chi connectivity index (χ4v) is 2.10. The lowest BCUT2D eigenvalue weighted by molar-refractivity contribution is 0.288. The van der Waals surface area contributed by atoms with Crippen LogP contribution >= 0.6 is 12.6 Å². The summed E-state index contributed by atoms with van der Waals surface area (Å²) < 4.78 is 30.4. The molecule has 15 heavy (non-hydrogen) atoms. The molecule has 0 saturated heterocycles. The molecule has 0 radical (unpaired) electrons. The van der Waals surface area contributed by atoms with Crippen molar-refractivity contribution in [3.05, 3.63) is 23.8 Å². The molecule has 1 aromatic rings. The summed E-state index contributed by atoms with van der Waals surface area (Å²) in [6, 6.07) is 4.20. The molecule has 2 N–H and O–H groups in total. The number of aryl methyl sites for hydroxylation is 1. The predicted octanol–water partition coefficient (Wildman–Crippen LogP) is 1.15. The molecule has 0 aliphatic heterocycles. The second-order valence-corrected chi connectivity index (χ2v) is 5.00. The first-order valence-corrected chi connectivity index (χ1v) is 6.24. The molecular weight excluding hydrogens is 236 g/mol. The lowest BCUT2D eigenvalue weighted by Crippen LogP contribution is -1.99. The summed E-state index contributed by atoms with van der Waals surface area (Å²) in [5.41, 5.74) is 0.847. The van der Waals surface area contributed by atoms with Crippen molar-refractivity contribution in [3.8, 4) is 0 Å². The Bertz CT molecular complexity index is 439. The Labute approximate surface area is 94.1 Å². The molecule has 0 spiro atoms. The highest BCUT2D eigenvalue weighted by molar-refractivity contribution is 7.86. The molecule has 84 valence electrons. The number of hydrogen-bond acceptors (Lipinski definition) is 4. The topological polar surface area (TPSA) is 74.6 Å². The van der Waals surface area contributed by atoms with Gasteiger partial charge in [0.05, 0.1) is 4.90 Å². The first kappa shape index (κ1) is 12.5. The van der Waals surface area contributed by atoms with Crippen LogP contribution in [0, 0.1) is 0 Å². The molecule has 0 heterocycles. The van der Waals surface area contributed by atoms with Crippen molar-refractivity contribution in [1.29, 1.82) is 0 Å². The Morgan fingerprint density at radius 3 is 2.47 bits per heavy atom. The van der Waals surface area contributed by atoms with Crippen LogP contribution < -0.4 is 0 Å². The highest BCUT2D eigenvalue weighted by Gasteiger charge is 2.10. The van der Waals surface area contributed by atoms with Gasteiger partial charge < -0.3 is 5.11 Å². The molecule has 0 atom stereocenters. The average molecular weight is 248 g/mol. The number of benzene rings is 1. The van der Waals surface area contributed by atoms with E-state index in [9.17, 15) is 8.42 Å². The zero-order valence-electron chi connectivity index (χ0n) is 7.92. The van der Waals surface area contributed by atoms with E-state index in [0.29, 0.717) is 17.7 Å². The largest absolute Gasteiger partial charge is 0.396 e. The molecule has 0 aliphatic carbocycles. The van der Waals surface area contributed by atoms with Gasteiger partial charge in [0.15, 0.2) is 0 Å². The minimum absolute atomic E-state index is 0.0767. The van der Waals surface area contributed by atoms with Gasteiger partial charge in [0.25, 0.3) is 10.1 Å². The van der Waals surface area contributed by atoms with Gasteiger partial charge in [-0.15, -0.1) is 12.6 Å². The maximum Gasteiger partial charge on any atom is 0.294 e. The van der Waals surface area contributed by atoms with Gasteiger partial charge in [0, 0.05) is 11.5 Å². The van der Waals surface area contributed by atoms with Crippen molar-refractivity contribution in [2.45, 2.75) is 22.6 Å². The van der Waals surface area contributed by atoms with Crippen LogP contribution in [-0.4, -0.2) is 24.7 Å². The van der Waals surface area contributed by atoms with Crippen LogP contribution in [0.15, 0.2) is 28.0 Å². The van der Waals surface area contributed by atoms with Crippen LogP contribution in [0.25, 0.3) is 0 Å². The molecule has 1 rings (SSSR count). The lowest BCUT2D eigenvalue weighted by Gasteiger charge is -2.05. The zero-order valence-corrected chi connectivity index (χ0v) is 9.63. The van der Waals surface area contributed by atoms with Gasteiger partial charge in [-0.05, 0) is 30.5 Å². The predicted molar refractivity (Wildman–Crippen MR) is 58.9 cm³/mol. The second-order valence-electron chi connectivity index (χ2n) is 3.09. The van der Waals surface area contributed by atoms with E-state index < -0.39 is 10.1 Å². The smallest absolute Gasteiger partial charge is 0.294 e. The van der Waals surface area contributed by atoms with E-state index in [1.807, 2.05) is 0 Å². The van der Waals surface area contributed by atoms with Crippen molar-refractivity contribution >= 4 is 22.7 Å². The third-order valence-electron chi connectivity index (χ3n) is 1.96. The van der Waals surface area contributed by atoms with Gasteiger partial charge in [-0.25, -0.2) is 0 Å². The summed E-state index contributed by atoms with van der Waals surface area (Å²) >= 11 is 4.12. The molecule has 6 heteroatoms. The molecule has 0 amide bonds. The highest BCUT2D eigenvalue weighted by atomic mass is 32.2. The second kappa shape index (κ2) is 4.98. The maximum absolute atomic E-state index is 10.8. The van der Waals surface area contributed by atoms with Crippen LogP contribution in [0.1, 0.15) is 12.0 Å². The molecule has 0 saturated carbocycles. The fraction of sp³-hybridized carbons (Fsp3) is 0.333. The summed E-state index contributed by atoms with van der Waals surface area (Å²) in [7, 11) is -4.16. The highest BCUT2D eigenvalue weighted by Crippen LogP contribution is 2.20. The molecule has 0 aliphatic rings. The van der Waals surface area contributed by atoms with E-state index in [1.165, 1.54) is 12.1 Å². The Morgan fingerprint density at radius 1 is 1.33 bits per heavy atom. The fourth-order valence-electron chi connectivity index (χ4n) is 1.19. The minimum atomic E-state index is -4.16. The summed E-state index contributed by atoms with van der Waals surface area (Å²) in [4.78, 5) is 0.332. The SMILES string of the molecule is O=S(=O)(O)c1ccc(CCCO)c(S)c1. The first-order valence-electron chi connectivity index (χ1n) is 4.35. The van der Waals surface area contributed by atoms with Crippen molar-refractivity contribution < 1.29 is 18.1 Å². The van der Waals surface area contributed by atoms with Crippen LogP contribution in [0.5, 0.6) is 0 Å². The number of hydrogen-bond donors (Lipinski definition) is 3. The quantitative estimate of drug-likeness (QED) is 0.552.